The minimum absolute atomic E-state index is 0.0315. The van der Waals surface area contributed by atoms with Gasteiger partial charge in [0.2, 0.25) is 5.76 Å². The van der Waals surface area contributed by atoms with E-state index >= 15 is 0 Å². The highest BCUT2D eigenvalue weighted by Gasteiger charge is 2.19. The van der Waals surface area contributed by atoms with Crippen molar-refractivity contribution in [2.45, 2.75) is 13.8 Å². The van der Waals surface area contributed by atoms with Gasteiger partial charge >= 0.3 is 5.97 Å². The van der Waals surface area contributed by atoms with Crippen LogP contribution in [0.4, 0.5) is 0 Å². The number of aromatic nitrogens is 1. The molecule has 0 saturated carbocycles. The lowest BCUT2D eigenvalue weighted by Gasteiger charge is -1.95. The van der Waals surface area contributed by atoms with Gasteiger partial charge in [-0.05, 0) is 6.92 Å². The maximum Gasteiger partial charge on any atom is 0.377 e. The van der Waals surface area contributed by atoms with Crippen LogP contribution in [0.15, 0.2) is 4.42 Å². The largest absolute Gasteiger partial charge is 0.460 e. The number of carbonyl (C=O) groups is 1. The van der Waals surface area contributed by atoms with Gasteiger partial charge in [-0.25, -0.2) is 9.78 Å². The molecule has 1 aromatic heterocycles. The van der Waals surface area contributed by atoms with Crippen molar-refractivity contribution < 1.29 is 13.9 Å². The van der Waals surface area contributed by atoms with E-state index in [1.54, 1.807) is 19.9 Å². The molecule has 0 aromatic carbocycles. The van der Waals surface area contributed by atoms with Gasteiger partial charge in [0.15, 0.2) is 11.6 Å². The fraction of sp³-hybridized carbons (Fsp3) is 0.375. The number of ether oxygens (including phenoxy) is 1. The Balaban J connectivity index is 3.00. The summed E-state index contributed by atoms with van der Waals surface area (Å²) in [5.74, 6) is -0.499. The summed E-state index contributed by atoms with van der Waals surface area (Å²) in [6.07, 6.45) is 0. The number of nitriles is 1. The zero-order chi connectivity index (χ0) is 9.84. The van der Waals surface area contributed by atoms with Crippen LogP contribution >= 0.6 is 0 Å². The van der Waals surface area contributed by atoms with Crippen LogP contribution in [0.2, 0.25) is 0 Å². The van der Waals surface area contributed by atoms with Gasteiger partial charge in [-0.3, -0.25) is 0 Å². The Morgan fingerprint density at radius 1 is 1.77 bits per heavy atom. The molecule has 0 aliphatic carbocycles. The Morgan fingerprint density at radius 3 is 3.00 bits per heavy atom. The summed E-state index contributed by atoms with van der Waals surface area (Å²) in [6, 6.07) is 1.75. The molecule has 0 amide bonds. The lowest BCUT2D eigenvalue weighted by Crippen LogP contribution is -2.05. The van der Waals surface area contributed by atoms with Crippen LogP contribution in [0, 0.1) is 18.3 Å². The van der Waals surface area contributed by atoms with Gasteiger partial charge in [0.05, 0.1) is 6.61 Å². The summed E-state index contributed by atoms with van der Waals surface area (Å²) in [6.45, 7) is 3.47. The Kier molecular flexibility index (Phi) is 2.65. The lowest BCUT2D eigenvalue weighted by atomic mass is 10.4. The van der Waals surface area contributed by atoms with Gasteiger partial charge in [-0.2, -0.15) is 5.26 Å². The zero-order valence-corrected chi connectivity index (χ0v) is 7.33. The topological polar surface area (TPSA) is 76.1 Å². The van der Waals surface area contributed by atoms with Gasteiger partial charge < -0.3 is 9.15 Å². The molecular weight excluding hydrogens is 172 g/mol. The van der Waals surface area contributed by atoms with E-state index in [2.05, 4.69) is 9.72 Å². The fourth-order valence-electron chi connectivity index (χ4n) is 0.838. The van der Waals surface area contributed by atoms with E-state index in [9.17, 15) is 4.79 Å². The third kappa shape index (κ3) is 1.85. The second-order valence-corrected chi connectivity index (χ2v) is 2.24. The van der Waals surface area contributed by atoms with Crippen LogP contribution < -0.4 is 0 Å². The average Bonchev–Trinajstić information content (AvgIpc) is 2.47. The molecule has 0 saturated heterocycles. The van der Waals surface area contributed by atoms with E-state index in [4.69, 9.17) is 9.68 Å². The number of oxazole rings is 1. The first-order chi connectivity index (χ1) is 6.19. The van der Waals surface area contributed by atoms with Crippen molar-refractivity contribution in [1.82, 2.24) is 4.98 Å². The summed E-state index contributed by atoms with van der Waals surface area (Å²) in [7, 11) is 0. The molecule has 1 aromatic rings. The van der Waals surface area contributed by atoms with E-state index in [0.717, 1.165) is 0 Å². The summed E-state index contributed by atoms with van der Waals surface area (Å²) in [4.78, 5) is 14.8. The number of aryl methyl sites for hydroxylation is 1. The Labute approximate surface area is 74.9 Å². The summed E-state index contributed by atoms with van der Waals surface area (Å²) in [5, 5.41) is 8.57. The van der Waals surface area contributed by atoms with Crippen molar-refractivity contribution >= 4 is 5.97 Å². The van der Waals surface area contributed by atoms with Gasteiger partial charge in [-0.15, -0.1) is 0 Å². The first-order valence-corrected chi connectivity index (χ1v) is 3.73. The Morgan fingerprint density at radius 2 is 2.46 bits per heavy atom. The Hall–Kier alpha value is -1.83. The quantitative estimate of drug-likeness (QED) is 0.635. The standard InChI is InChI=1S/C8H8N2O3/c1-3-12-8(11)7-6(4-9)10-5(2)13-7/h3H2,1-2H3. The summed E-state index contributed by atoms with van der Waals surface area (Å²) in [5.41, 5.74) is -0.0315. The van der Waals surface area contributed by atoms with Crippen molar-refractivity contribution in [3.8, 4) is 6.07 Å². The minimum Gasteiger partial charge on any atom is -0.460 e. The third-order valence-electron chi connectivity index (χ3n) is 1.30. The number of esters is 1. The maximum atomic E-state index is 11.1. The van der Waals surface area contributed by atoms with Gasteiger partial charge in [0.25, 0.3) is 0 Å². The summed E-state index contributed by atoms with van der Waals surface area (Å²) >= 11 is 0. The zero-order valence-electron chi connectivity index (χ0n) is 7.33. The molecule has 0 aliphatic rings. The van der Waals surface area contributed by atoms with Gasteiger partial charge in [-0.1, -0.05) is 0 Å². The molecule has 0 spiro atoms. The van der Waals surface area contributed by atoms with E-state index in [1.165, 1.54) is 0 Å². The molecule has 0 N–H and O–H groups in total. The minimum atomic E-state index is -0.653. The molecule has 0 unspecified atom stereocenters. The molecule has 13 heavy (non-hydrogen) atoms. The van der Waals surface area contributed by atoms with Gasteiger partial charge in [0.1, 0.15) is 6.07 Å². The van der Waals surface area contributed by atoms with Crippen LogP contribution in [-0.4, -0.2) is 17.6 Å². The molecule has 0 bridgehead atoms. The van der Waals surface area contributed by atoms with Crippen LogP contribution in [0.3, 0.4) is 0 Å². The second kappa shape index (κ2) is 3.72. The number of nitrogens with zero attached hydrogens (tertiary/aromatic N) is 2. The molecule has 1 rings (SSSR count). The molecular formula is C8H8N2O3. The lowest BCUT2D eigenvalue weighted by molar-refractivity contribution is 0.0488. The van der Waals surface area contributed by atoms with Gasteiger partial charge in [0, 0.05) is 6.92 Å². The predicted molar refractivity (Wildman–Crippen MR) is 41.9 cm³/mol. The van der Waals surface area contributed by atoms with E-state index in [0.29, 0.717) is 0 Å². The van der Waals surface area contributed by atoms with Crippen molar-refractivity contribution in [1.29, 1.82) is 5.26 Å². The fourth-order valence-corrected chi connectivity index (χ4v) is 0.838. The molecule has 0 radical (unpaired) electrons. The number of rotatable bonds is 2. The number of hydrogen-bond acceptors (Lipinski definition) is 5. The van der Waals surface area contributed by atoms with Crippen LogP contribution in [-0.2, 0) is 4.74 Å². The summed E-state index contributed by atoms with van der Waals surface area (Å²) < 4.78 is 9.57. The van der Waals surface area contributed by atoms with Crippen molar-refractivity contribution in [3.05, 3.63) is 17.3 Å². The molecule has 1 heterocycles. The first-order valence-electron chi connectivity index (χ1n) is 3.73. The molecule has 0 fully saturated rings. The van der Waals surface area contributed by atoms with Crippen LogP contribution in [0.25, 0.3) is 0 Å². The van der Waals surface area contributed by atoms with Crippen molar-refractivity contribution in [2.24, 2.45) is 0 Å². The van der Waals surface area contributed by atoms with Crippen molar-refractivity contribution in [3.63, 3.8) is 0 Å². The maximum absolute atomic E-state index is 11.1. The predicted octanol–water partition coefficient (Wildman–Crippen LogP) is 1.03. The highest BCUT2D eigenvalue weighted by atomic mass is 16.5. The van der Waals surface area contributed by atoms with E-state index in [1.807, 2.05) is 0 Å². The number of hydrogen-bond donors (Lipinski definition) is 0. The normalized spacial score (nSPS) is 9.31. The molecule has 5 nitrogen and oxygen atoms in total. The van der Waals surface area contributed by atoms with Crippen molar-refractivity contribution in [2.75, 3.05) is 6.61 Å². The molecule has 0 atom stereocenters. The van der Waals surface area contributed by atoms with Crippen LogP contribution in [0.5, 0.6) is 0 Å². The highest BCUT2D eigenvalue weighted by Crippen LogP contribution is 2.10. The molecule has 68 valence electrons. The SMILES string of the molecule is CCOC(=O)c1oc(C)nc1C#N. The molecule has 0 aliphatic heterocycles. The van der Waals surface area contributed by atoms with E-state index in [-0.39, 0.29) is 24.0 Å². The van der Waals surface area contributed by atoms with E-state index < -0.39 is 5.97 Å². The Bertz CT molecular complexity index is 362. The molecule has 5 heteroatoms. The monoisotopic (exact) mass is 180 g/mol. The third-order valence-corrected chi connectivity index (χ3v) is 1.30. The average molecular weight is 180 g/mol. The van der Waals surface area contributed by atoms with Crippen LogP contribution in [0.1, 0.15) is 29.1 Å². The number of carbonyl (C=O) groups excluding carboxylic acids is 1. The first kappa shape index (κ1) is 9.26. The second-order valence-electron chi connectivity index (χ2n) is 2.24. The highest BCUT2D eigenvalue weighted by molar-refractivity contribution is 5.88. The smallest absolute Gasteiger partial charge is 0.377 e.